The molecule has 112 valence electrons. The van der Waals surface area contributed by atoms with E-state index in [0.29, 0.717) is 11.6 Å². The Labute approximate surface area is 131 Å². The highest BCUT2D eigenvalue weighted by Gasteiger charge is 2.17. The van der Waals surface area contributed by atoms with E-state index in [1.807, 2.05) is 43.3 Å². The summed E-state index contributed by atoms with van der Waals surface area (Å²) in [5.74, 6) is 0.331. The van der Waals surface area contributed by atoms with Gasteiger partial charge in [0.05, 0.1) is 5.75 Å². The van der Waals surface area contributed by atoms with Crippen LogP contribution in [0.3, 0.4) is 0 Å². The zero-order valence-corrected chi connectivity index (χ0v) is 13.4. The largest absolute Gasteiger partial charge is 0.284 e. The lowest BCUT2D eigenvalue weighted by Gasteiger charge is -2.14. The van der Waals surface area contributed by atoms with Gasteiger partial charge in [0.1, 0.15) is 0 Å². The minimum atomic E-state index is -3.40. The Morgan fingerprint density at radius 2 is 1.81 bits per heavy atom. The fourth-order valence-corrected chi connectivity index (χ4v) is 3.73. The molecule has 0 aliphatic carbocycles. The van der Waals surface area contributed by atoms with Gasteiger partial charge in [0.2, 0.25) is 10.0 Å². The van der Waals surface area contributed by atoms with Crippen molar-refractivity contribution >= 4 is 27.3 Å². The molecule has 3 nitrogen and oxygen atoms in total. The van der Waals surface area contributed by atoms with Gasteiger partial charge in [0.25, 0.3) is 0 Å². The van der Waals surface area contributed by atoms with Gasteiger partial charge in [-0.1, -0.05) is 49.4 Å². The first-order valence-corrected chi connectivity index (χ1v) is 8.89. The molecule has 0 spiro atoms. The predicted octanol–water partition coefficient (Wildman–Crippen LogP) is 3.97. The molecule has 1 atom stereocenters. The zero-order valence-electron chi connectivity index (χ0n) is 11.8. The summed E-state index contributed by atoms with van der Waals surface area (Å²) in [6, 6.07) is 16.7. The van der Waals surface area contributed by atoms with Gasteiger partial charge >= 0.3 is 0 Å². The van der Waals surface area contributed by atoms with Crippen LogP contribution in [0.5, 0.6) is 0 Å². The molecule has 0 aliphatic rings. The SMILES string of the molecule is CC(CS(=O)(=O)Nc1cccc(CCl)c1)c1ccccc1. The van der Waals surface area contributed by atoms with Crippen LogP contribution in [0.4, 0.5) is 5.69 Å². The van der Waals surface area contributed by atoms with Crippen LogP contribution in [0.25, 0.3) is 0 Å². The Bertz CT molecular complexity index is 686. The van der Waals surface area contributed by atoms with Gasteiger partial charge in [0, 0.05) is 11.6 Å². The minimum absolute atomic E-state index is 0.0438. The second-order valence-electron chi connectivity index (χ2n) is 5.03. The molecule has 0 saturated heterocycles. The van der Waals surface area contributed by atoms with E-state index in [-0.39, 0.29) is 11.7 Å². The molecule has 1 N–H and O–H groups in total. The number of anilines is 1. The zero-order chi connectivity index (χ0) is 15.3. The van der Waals surface area contributed by atoms with Crippen LogP contribution < -0.4 is 4.72 Å². The van der Waals surface area contributed by atoms with Gasteiger partial charge in [0.15, 0.2) is 0 Å². The first-order valence-electron chi connectivity index (χ1n) is 6.70. The summed E-state index contributed by atoms with van der Waals surface area (Å²) in [7, 11) is -3.40. The van der Waals surface area contributed by atoms with E-state index in [2.05, 4.69) is 4.72 Å². The average molecular weight is 324 g/mol. The van der Waals surface area contributed by atoms with Gasteiger partial charge in [-0.2, -0.15) is 0 Å². The van der Waals surface area contributed by atoms with Crippen molar-refractivity contribution in [3.8, 4) is 0 Å². The van der Waals surface area contributed by atoms with Crippen LogP contribution in [0.2, 0.25) is 0 Å². The highest BCUT2D eigenvalue weighted by atomic mass is 35.5. The first-order chi connectivity index (χ1) is 10.00. The molecule has 2 aromatic carbocycles. The van der Waals surface area contributed by atoms with E-state index in [9.17, 15) is 8.42 Å². The lowest BCUT2D eigenvalue weighted by atomic mass is 10.0. The maximum atomic E-state index is 12.2. The molecule has 5 heteroatoms. The summed E-state index contributed by atoms with van der Waals surface area (Å²) < 4.78 is 27.1. The third kappa shape index (κ3) is 4.76. The molecule has 1 unspecified atom stereocenters. The number of benzene rings is 2. The van der Waals surface area contributed by atoms with Crippen LogP contribution in [-0.2, 0) is 15.9 Å². The topological polar surface area (TPSA) is 46.2 Å². The second kappa shape index (κ2) is 6.96. The molecular formula is C16H18ClNO2S. The van der Waals surface area contributed by atoms with Crippen LogP contribution in [0, 0.1) is 0 Å². The highest BCUT2D eigenvalue weighted by Crippen LogP contribution is 2.19. The monoisotopic (exact) mass is 323 g/mol. The van der Waals surface area contributed by atoms with Crippen LogP contribution >= 0.6 is 11.6 Å². The lowest BCUT2D eigenvalue weighted by molar-refractivity contribution is 0.595. The Morgan fingerprint density at radius 3 is 2.48 bits per heavy atom. The number of halogens is 1. The van der Waals surface area contributed by atoms with E-state index in [1.165, 1.54) is 0 Å². The van der Waals surface area contributed by atoms with Crippen molar-refractivity contribution < 1.29 is 8.42 Å². The van der Waals surface area contributed by atoms with Gasteiger partial charge in [-0.05, 0) is 29.2 Å². The lowest BCUT2D eigenvalue weighted by Crippen LogP contribution is -2.20. The van der Waals surface area contributed by atoms with Crippen molar-refractivity contribution in [2.75, 3.05) is 10.5 Å². The molecule has 0 saturated carbocycles. The van der Waals surface area contributed by atoms with Crippen molar-refractivity contribution in [1.29, 1.82) is 0 Å². The van der Waals surface area contributed by atoms with Gasteiger partial charge in [-0.3, -0.25) is 4.72 Å². The summed E-state index contributed by atoms with van der Waals surface area (Å²) in [5, 5.41) is 0. The molecule has 2 aromatic rings. The van der Waals surface area contributed by atoms with Crippen molar-refractivity contribution in [3.63, 3.8) is 0 Å². The number of hydrogen-bond donors (Lipinski definition) is 1. The van der Waals surface area contributed by atoms with Gasteiger partial charge < -0.3 is 0 Å². The molecular weight excluding hydrogens is 306 g/mol. The third-order valence-electron chi connectivity index (χ3n) is 3.19. The van der Waals surface area contributed by atoms with Crippen molar-refractivity contribution in [1.82, 2.24) is 0 Å². The quantitative estimate of drug-likeness (QED) is 0.818. The van der Waals surface area contributed by atoms with Crippen molar-refractivity contribution in [3.05, 3.63) is 65.7 Å². The summed E-state index contributed by atoms with van der Waals surface area (Å²) in [5.41, 5.74) is 2.44. The number of hydrogen-bond acceptors (Lipinski definition) is 2. The fourth-order valence-electron chi connectivity index (χ4n) is 2.15. The molecule has 0 aromatic heterocycles. The van der Waals surface area contributed by atoms with Gasteiger partial charge in [-0.15, -0.1) is 11.6 Å². The summed E-state index contributed by atoms with van der Waals surface area (Å²) >= 11 is 5.76. The maximum Gasteiger partial charge on any atom is 0.233 e. The number of alkyl halides is 1. The summed E-state index contributed by atoms with van der Waals surface area (Å²) in [6.07, 6.45) is 0. The molecule has 21 heavy (non-hydrogen) atoms. The van der Waals surface area contributed by atoms with E-state index < -0.39 is 10.0 Å². The molecule has 2 rings (SSSR count). The predicted molar refractivity (Wildman–Crippen MR) is 88.3 cm³/mol. The summed E-state index contributed by atoms with van der Waals surface area (Å²) in [4.78, 5) is 0. The van der Waals surface area contributed by atoms with E-state index in [0.717, 1.165) is 11.1 Å². The number of nitrogens with one attached hydrogen (secondary N) is 1. The molecule has 0 radical (unpaired) electrons. The maximum absolute atomic E-state index is 12.2. The minimum Gasteiger partial charge on any atom is -0.284 e. The third-order valence-corrected chi connectivity index (χ3v) is 4.99. The fraction of sp³-hybridized carbons (Fsp3) is 0.250. The van der Waals surface area contributed by atoms with Crippen molar-refractivity contribution in [2.45, 2.75) is 18.7 Å². The van der Waals surface area contributed by atoms with E-state index >= 15 is 0 Å². The molecule has 0 aliphatic heterocycles. The van der Waals surface area contributed by atoms with Crippen LogP contribution in [0.15, 0.2) is 54.6 Å². The van der Waals surface area contributed by atoms with Crippen molar-refractivity contribution in [2.24, 2.45) is 0 Å². The smallest absolute Gasteiger partial charge is 0.233 e. The van der Waals surface area contributed by atoms with Crippen LogP contribution in [-0.4, -0.2) is 14.2 Å². The average Bonchev–Trinajstić information content (AvgIpc) is 2.47. The van der Waals surface area contributed by atoms with E-state index in [1.54, 1.807) is 18.2 Å². The Hall–Kier alpha value is -1.52. The standard InChI is InChI=1S/C16H18ClNO2S/c1-13(15-7-3-2-4-8-15)12-21(19,20)18-16-9-5-6-14(10-16)11-17/h2-10,13,18H,11-12H2,1H3. The van der Waals surface area contributed by atoms with Crippen LogP contribution in [0.1, 0.15) is 24.0 Å². The summed E-state index contributed by atoms with van der Waals surface area (Å²) in [6.45, 7) is 1.91. The number of rotatable bonds is 6. The second-order valence-corrected chi connectivity index (χ2v) is 7.06. The Balaban J connectivity index is 2.08. The Morgan fingerprint density at radius 1 is 1.10 bits per heavy atom. The first kappa shape index (κ1) is 15.9. The molecule has 0 fully saturated rings. The molecule has 0 amide bonds. The molecule has 0 bridgehead atoms. The normalized spacial score (nSPS) is 12.9. The van der Waals surface area contributed by atoms with Gasteiger partial charge in [-0.25, -0.2) is 8.42 Å². The van der Waals surface area contributed by atoms with E-state index in [4.69, 9.17) is 11.6 Å². The Kier molecular flexibility index (Phi) is 5.26. The number of sulfonamides is 1. The molecule has 0 heterocycles. The highest BCUT2D eigenvalue weighted by molar-refractivity contribution is 7.92.